The number of ether oxygens (including phenoxy) is 1. The van der Waals surface area contributed by atoms with Gasteiger partial charge in [0.15, 0.2) is 5.82 Å². The summed E-state index contributed by atoms with van der Waals surface area (Å²) < 4.78 is 11.0. The fourth-order valence-electron chi connectivity index (χ4n) is 2.59. The Bertz CT molecular complexity index is 609. The Morgan fingerprint density at radius 2 is 2.15 bits per heavy atom. The maximum atomic E-state index is 5.95. The molecule has 0 N–H and O–H groups in total. The summed E-state index contributed by atoms with van der Waals surface area (Å²) in [5.74, 6) is 1.48. The molecule has 0 saturated heterocycles. The van der Waals surface area contributed by atoms with Crippen LogP contribution in [0.5, 0.6) is 5.88 Å². The molecule has 4 rings (SSSR count). The van der Waals surface area contributed by atoms with Crippen LogP contribution < -0.4 is 9.64 Å². The third-order valence-electron chi connectivity index (χ3n) is 3.98. The lowest BCUT2D eigenvalue weighted by Gasteiger charge is -2.30. The molecular formula is C14H16N4O2. The van der Waals surface area contributed by atoms with Crippen molar-refractivity contribution in [2.24, 2.45) is 0 Å². The second-order valence-corrected chi connectivity index (χ2v) is 5.31. The molecule has 0 spiro atoms. The molecule has 2 aromatic rings. The zero-order chi connectivity index (χ0) is 13.4. The van der Waals surface area contributed by atoms with Crippen LogP contribution in [0, 0.1) is 0 Å². The van der Waals surface area contributed by atoms with Crippen molar-refractivity contribution in [1.29, 1.82) is 0 Å². The first kappa shape index (κ1) is 11.7. The summed E-state index contributed by atoms with van der Waals surface area (Å²) >= 11 is 0. The van der Waals surface area contributed by atoms with Gasteiger partial charge in [-0.05, 0) is 19.3 Å². The van der Waals surface area contributed by atoms with Gasteiger partial charge in [-0.3, -0.25) is 0 Å². The van der Waals surface area contributed by atoms with Crippen LogP contribution in [0.1, 0.15) is 30.5 Å². The fraction of sp³-hybridized carbons (Fsp3) is 0.500. The van der Waals surface area contributed by atoms with E-state index in [-0.39, 0.29) is 0 Å². The molecule has 3 heterocycles. The Morgan fingerprint density at radius 3 is 3.00 bits per heavy atom. The van der Waals surface area contributed by atoms with Crippen molar-refractivity contribution >= 4 is 5.82 Å². The highest BCUT2D eigenvalue weighted by Crippen LogP contribution is 2.31. The highest BCUT2D eigenvalue weighted by molar-refractivity contribution is 5.49. The molecular weight excluding hydrogens is 256 g/mol. The number of hydrogen-bond acceptors (Lipinski definition) is 6. The summed E-state index contributed by atoms with van der Waals surface area (Å²) in [7, 11) is 0. The summed E-state index contributed by atoms with van der Waals surface area (Å²) in [5.41, 5.74) is 2.17. The second-order valence-electron chi connectivity index (χ2n) is 5.31. The molecule has 1 fully saturated rings. The number of fused-ring (bicyclic) bond motifs is 1. The van der Waals surface area contributed by atoms with Crippen LogP contribution in [0.2, 0.25) is 0 Å². The molecule has 0 aromatic carbocycles. The van der Waals surface area contributed by atoms with Gasteiger partial charge in [-0.2, -0.15) is 0 Å². The van der Waals surface area contributed by atoms with Crippen molar-refractivity contribution in [3.8, 4) is 5.88 Å². The minimum atomic E-state index is 0.307. The topological polar surface area (TPSA) is 64.3 Å². The Morgan fingerprint density at radius 1 is 1.25 bits per heavy atom. The number of nitrogens with zero attached hydrogens (tertiary/aromatic N) is 4. The highest BCUT2D eigenvalue weighted by atomic mass is 16.5. The molecule has 0 amide bonds. The lowest BCUT2D eigenvalue weighted by molar-refractivity contribution is 0.114. The van der Waals surface area contributed by atoms with E-state index in [1.807, 2.05) is 0 Å². The zero-order valence-corrected chi connectivity index (χ0v) is 11.2. The SMILES string of the molecule is c1cnc(N2CCc3nocc3C2)c(OC2CCC2)n1. The van der Waals surface area contributed by atoms with Crippen molar-refractivity contribution in [2.45, 2.75) is 38.3 Å². The van der Waals surface area contributed by atoms with E-state index < -0.39 is 0 Å². The van der Waals surface area contributed by atoms with E-state index in [1.165, 1.54) is 6.42 Å². The maximum Gasteiger partial charge on any atom is 0.257 e. The van der Waals surface area contributed by atoms with Crippen LogP contribution >= 0.6 is 0 Å². The van der Waals surface area contributed by atoms with E-state index in [0.29, 0.717) is 12.0 Å². The molecule has 0 unspecified atom stereocenters. The van der Waals surface area contributed by atoms with Crippen LogP contribution in [0.3, 0.4) is 0 Å². The van der Waals surface area contributed by atoms with E-state index in [0.717, 1.165) is 49.4 Å². The van der Waals surface area contributed by atoms with Crippen LogP contribution in [0.15, 0.2) is 23.2 Å². The maximum absolute atomic E-state index is 5.95. The third kappa shape index (κ3) is 2.01. The van der Waals surface area contributed by atoms with Crippen molar-refractivity contribution in [2.75, 3.05) is 11.4 Å². The van der Waals surface area contributed by atoms with Crippen LogP contribution in [-0.4, -0.2) is 27.8 Å². The van der Waals surface area contributed by atoms with Crippen LogP contribution in [0.4, 0.5) is 5.82 Å². The summed E-state index contributed by atoms with van der Waals surface area (Å²) in [6.07, 6.45) is 9.76. The molecule has 0 radical (unpaired) electrons. The van der Waals surface area contributed by atoms with Gasteiger partial charge >= 0.3 is 0 Å². The number of hydrogen-bond donors (Lipinski definition) is 0. The fourth-order valence-corrected chi connectivity index (χ4v) is 2.59. The Hall–Kier alpha value is -2.11. The van der Waals surface area contributed by atoms with Gasteiger partial charge in [-0.25, -0.2) is 9.97 Å². The second kappa shape index (κ2) is 4.77. The van der Waals surface area contributed by atoms with Crippen LogP contribution in [-0.2, 0) is 13.0 Å². The molecule has 1 aliphatic carbocycles. The number of rotatable bonds is 3. The summed E-state index contributed by atoms with van der Waals surface area (Å²) in [5, 5.41) is 4.01. The van der Waals surface area contributed by atoms with Gasteiger partial charge < -0.3 is 14.2 Å². The first-order valence-corrected chi connectivity index (χ1v) is 7.05. The van der Waals surface area contributed by atoms with Gasteiger partial charge in [0.25, 0.3) is 5.88 Å². The van der Waals surface area contributed by atoms with Crippen molar-refractivity contribution in [3.05, 3.63) is 29.9 Å². The molecule has 0 atom stereocenters. The Labute approximate surface area is 116 Å². The quantitative estimate of drug-likeness (QED) is 0.851. The van der Waals surface area contributed by atoms with E-state index in [4.69, 9.17) is 9.26 Å². The first-order chi connectivity index (χ1) is 9.90. The molecule has 2 aliphatic rings. The van der Waals surface area contributed by atoms with E-state index >= 15 is 0 Å². The molecule has 6 nitrogen and oxygen atoms in total. The first-order valence-electron chi connectivity index (χ1n) is 7.05. The van der Waals surface area contributed by atoms with Crippen molar-refractivity contribution in [3.63, 3.8) is 0 Å². The summed E-state index contributed by atoms with van der Waals surface area (Å²) in [4.78, 5) is 11.0. The minimum absolute atomic E-state index is 0.307. The third-order valence-corrected chi connectivity index (χ3v) is 3.98. The molecule has 0 bridgehead atoms. The van der Waals surface area contributed by atoms with E-state index in [1.54, 1.807) is 18.7 Å². The monoisotopic (exact) mass is 272 g/mol. The molecule has 2 aromatic heterocycles. The molecule has 1 saturated carbocycles. The summed E-state index contributed by atoms with van der Waals surface area (Å²) in [6, 6.07) is 0. The van der Waals surface area contributed by atoms with E-state index in [2.05, 4.69) is 20.0 Å². The smallest absolute Gasteiger partial charge is 0.257 e. The van der Waals surface area contributed by atoms with Crippen molar-refractivity contribution < 1.29 is 9.26 Å². The highest BCUT2D eigenvalue weighted by Gasteiger charge is 2.26. The van der Waals surface area contributed by atoms with Gasteiger partial charge in [0.2, 0.25) is 0 Å². The molecule has 20 heavy (non-hydrogen) atoms. The summed E-state index contributed by atoms with van der Waals surface area (Å²) in [6.45, 7) is 1.61. The zero-order valence-electron chi connectivity index (χ0n) is 11.2. The van der Waals surface area contributed by atoms with E-state index in [9.17, 15) is 0 Å². The lowest BCUT2D eigenvalue weighted by atomic mass is 9.96. The Kier molecular flexibility index (Phi) is 2.79. The average Bonchev–Trinajstić information content (AvgIpc) is 2.90. The molecule has 6 heteroatoms. The Balaban J connectivity index is 1.59. The largest absolute Gasteiger partial charge is 0.472 e. The molecule has 104 valence electrons. The van der Waals surface area contributed by atoms with Gasteiger partial charge in [-0.1, -0.05) is 5.16 Å². The number of aromatic nitrogens is 3. The minimum Gasteiger partial charge on any atom is -0.472 e. The van der Waals surface area contributed by atoms with Gasteiger partial charge in [0.1, 0.15) is 12.4 Å². The predicted molar refractivity (Wildman–Crippen MR) is 71.6 cm³/mol. The van der Waals surface area contributed by atoms with Crippen molar-refractivity contribution in [1.82, 2.24) is 15.1 Å². The standard InChI is InChI=1S/C14H16N4O2/c1-2-11(3-1)20-14-13(15-5-6-16-14)18-7-4-12-10(8-18)9-19-17-12/h5-6,9,11H,1-4,7-8H2. The predicted octanol–water partition coefficient (Wildman–Crippen LogP) is 1.96. The van der Waals surface area contributed by atoms with Gasteiger partial charge in [0.05, 0.1) is 5.69 Å². The normalized spacial score (nSPS) is 18.5. The lowest BCUT2D eigenvalue weighted by Crippen LogP contribution is -2.32. The number of anilines is 1. The van der Waals surface area contributed by atoms with Crippen LogP contribution in [0.25, 0.3) is 0 Å². The molecule has 1 aliphatic heterocycles. The average molecular weight is 272 g/mol. The van der Waals surface area contributed by atoms with Gasteiger partial charge in [0, 0.05) is 37.5 Å². The van der Waals surface area contributed by atoms with Gasteiger partial charge in [-0.15, -0.1) is 0 Å².